The van der Waals surface area contributed by atoms with Crippen LogP contribution in [0.2, 0.25) is 0 Å². The normalized spacial score (nSPS) is 14.9. The molecule has 0 amide bonds. The fourth-order valence-electron chi connectivity index (χ4n) is 4.15. The Bertz CT molecular complexity index is 970. The second-order valence-electron chi connectivity index (χ2n) is 7.81. The van der Waals surface area contributed by atoms with Crippen LogP contribution in [0.1, 0.15) is 28.3 Å². The Morgan fingerprint density at radius 3 is 2.03 bits per heavy atom. The molecule has 0 bridgehead atoms. The first kappa shape index (κ1) is 20.9. The van der Waals surface area contributed by atoms with Gasteiger partial charge in [0.2, 0.25) is 0 Å². The van der Waals surface area contributed by atoms with E-state index < -0.39 is 0 Å². The van der Waals surface area contributed by atoms with E-state index in [4.69, 9.17) is 0 Å². The van der Waals surface area contributed by atoms with Crippen molar-refractivity contribution in [3.8, 4) is 5.75 Å². The smallest absolute Gasteiger partial charge is 0.127 e. The van der Waals surface area contributed by atoms with E-state index in [1.165, 1.54) is 11.1 Å². The standard InChI is InChI=1S/C27H29N3O/c1-2-10-24-15-9-16-25(27(24)31)21-28-30-19-17-29(18-20-30)26(22-11-5-3-6-12-22)23-13-7-4-8-14-23/h2-9,11-16,21,26,31H,1,10,17-20H2/b28-21-. The number of rotatable bonds is 7. The zero-order chi connectivity index (χ0) is 21.5. The first-order valence-corrected chi connectivity index (χ1v) is 10.8. The second-order valence-corrected chi connectivity index (χ2v) is 7.81. The van der Waals surface area contributed by atoms with Crippen molar-refractivity contribution in [3.63, 3.8) is 0 Å². The number of benzene rings is 3. The highest BCUT2D eigenvalue weighted by atomic mass is 16.3. The van der Waals surface area contributed by atoms with Crippen molar-refractivity contribution in [2.75, 3.05) is 26.2 Å². The number of phenols is 1. The van der Waals surface area contributed by atoms with Gasteiger partial charge in [0.25, 0.3) is 0 Å². The van der Waals surface area contributed by atoms with Gasteiger partial charge in [0.15, 0.2) is 0 Å². The van der Waals surface area contributed by atoms with E-state index in [-0.39, 0.29) is 11.8 Å². The van der Waals surface area contributed by atoms with E-state index >= 15 is 0 Å². The van der Waals surface area contributed by atoms with Crippen LogP contribution in [0.15, 0.2) is 96.6 Å². The molecule has 0 aliphatic carbocycles. The molecular formula is C27H29N3O. The molecule has 1 aliphatic heterocycles. The van der Waals surface area contributed by atoms with Crippen molar-refractivity contribution in [1.29, 1.82) is 0 Å². The molecule has 0 unspecified atom stereocenters. The highest BCUT2D eigenvalue weighted by Crippen LogP contribution is 2.29. The van der Waals surface area contributed by atoms with Gasteiger partial charge in [-0.15, -0.1) is 6.58 Å². The molecule has 0 atom stereocenters. The van der Waals surface area contributed by atoms with Gasteiger partial charge in [-0.25, -0.2) is 0 Å². The van der Waals surface area contributed by atoms with Gasteiger partial charge in [-0.3, -0.25) is 9.91 Å². The predicted molar refractivity (Wildman–Crippen MR) is 127 cm³/mol. The highest BCUT2D eigenvalue weighted by Gasteiger charge is 2.25. The third-order valence-corrected chi connectivity index (χ3v) is 5.76. The summed E-state index contributed by atoms with van der Waals surface area (Å²) in [5.74, 6) is 0.290. The number of para-hydroxylation sites is 1. The number of aromatic hydroxyl groups is 1. The summed E-state index contributed by atoms with van der Waals surface area (Å²) in [5.41, 5.74) is 4.25. The first-order valence-electron chi connectivity index (χ1n) is 10.8. The summed E-state index contributed by atoms with van der Waals surface area (Å²) in [7, 11) is 0. The molecule has 31 heavy (non-hydrogen) atoms. The number of hydrazone groups is 1. The fraction of sp³-hybridized carbons (Fsp3) is 0.222. The first-order chi connectivity index (χ1) is 15.3. The van der Waals surface area contributed by atoms with Gasteiger partial charge < -0.3 is 5.11 Å². The van der Waals surface area contributed by atoms with Crippen LogP contribution in [-0.2, 0) is 6.42 Å². The quantitative estimate of drug-likeness (QED) is 0.446. The lowest BCUT2D eigenvalue weighted by Gasteiger charge is -2.38. The van der Waals surface area contributed by atoms with Crippen LogP contribution < -0.4 is 0 Å². The SMILES string of the molecule is C=CCc1cccc(/C=N\N2CCN(C(c3ccccc3)c3ccccc3)CC2)c1O. The molecule has 4 heteroatoms. The Morgan fingerprint density at radius 1 is 0.839 bits per heavy atom. The van der Waals surface area contributed by atoms with Crippen molar-refractivity contribution >= 4 is 6.21 Å². The van der Waals surface area contributed by atoms with Crippen molar-refractivity contribution in [2.45, 2.75) is 12.5 Å². The summed E-state index contributed by atoms with van der Waals surface area (Å²) in [6.07, 6.45) is 4.21. The van der Waals surface area contributed by atoms with Gasteiger partial charge in [0.05, 0.1) is 12.3 Å². The topological polar surface area (TPSA) is 39.1 Å². The molecule has 3 aromatic carbocycles. The molecule has 4 rings (SSSR count). The molecule has 1 heterocycles. The van der Waals surface area contributed by atoms with Crippen molar-refractivity contribution < 1.29 is 5.11 Å². The molecule has 0 spiro atoms. The zero-order valence-electron chi connectivity index (χ0n) is 17.8. The van der Waals surface area contributed by atoms with Crippen LogP contribution in [0.5, 0.6) is 5.75 Å². The largest absolute Gasteiger partial charge is 0.507 e. The van der Waals surface area contributed by atoms with Gasteiger partial charge in [-0.1, -0.05) is 78.9 Å². The van der Waals surface area contributed by atoms with E-state index in [1.807, 2.05) is 18.2 Å². The lowest BCUT2D eigenvalue weighted by Crippen LogP contribution is -2.45. The number of hydrogen-bond acceptors (Lipinski definition) is 4. The summed E-state index contributed by atoms with van der Waals surface area (Å²) in [4.78, 5) is 2.53. The van der Waals surface area contributed by atoms with Crippen LogP contribution >= 0.6 is 0 Å². The summed E-state index contributed by atoms with van der Waals surface area (Å²) >= 11 is 0. The summed E-state index contributed by atoms with van der Waals surface area (Å²) in [5, 5.41) is 17.2. The third kappa shape index (κ3) is 5.04. The van der Waals surface area contributed by atoms with E-state index in [0.717, 1.165) is 37.3 Å². The van der Waals surface area contributed by atoms with E-state index in [9.17, 15) is 5.11 Å². The van der Waals surface area contributed by atoms with E-state index in [0.29, 0.717) is 6.42 Å². The molecule has 1 N–H and O–H groups in total. The maximum absolute atomic E-state index is 10.5. The summed E-state index contributed by atoms with van der Waals surface area (Å²) < 4.78 is 0. The van der Waals surface area contributed by atoms with E-state index in [1.54, 1.807) is 12.3 Å². The third-order valence-electron chi connectivity index (χ3n) is 5.76. The maximum Gasteiger partial charge on any atom is 0.127 e. The Kier molecular flexibility index (Phi) is 6.80. The number of phenolic OH excluding ortho intramolecular Hbond substituents is 1. The van der Waals surface area contributed by atoms with Crippen molar-refractivity contribution in [1.82, 2.24) is 9.91 Å². The van der Waals surface area contributed by atoms with Gasteiger partial charge in [0, 0.05) is 31.7 Å². The van der Waals surface area contributed by atoms with Crippen molar-refractivity contribution in [3.05, 3.63) is 114 Å². The molecule has 0 radical (unpaired) electrons. The van der Waals surface area contributed by atoms with E-state index in [2.05, 4.69) is 82.3 Å². The minimum absolute atomic E-state index is 0.244. The maximum atomic E-state index is 10.5. The predicted octanol–water partition coefficient (Wildman–Crippen LogP) is 4.86. The average molecular weight is 412 g/mol. The van der Waals surface area contributed by atoms with Crippen LogP contribution in [0.3, 0.4) is 0 Å². The van der Waals surface area contributed by atoms with Crippen LogP contribution in [0.25, 0.3) is 0 Å². The molecule has 1 aliphatic rings. The van der Waals surface area contributed by atoms with Gasteiger partial charge in [-0.05, 0) is 29.2 Å². The summed E-state index contributed by atoms with van der Waals surface area (Å²) in [6.45, 7) is 7.30. The average Bonchev–Trinajstić information content (AvgIpc) is 2.82. The highest BCUT2D eigenvalue weighted by molar-refractivity contribution is 5.83. The number of piperazine rings is 1. The fourth-order valence-corrected chi connectivity index (χ4v) is 4.15. The molecule has 1 saturated heterocycles. The Labute approximate surface area is 184 Å². The van der Waals surface area contributed by atoms with Crippen molar-refractivity contribution in [2.24, 2.45) is 5.10 Å². The molecule has 4 nitrogen and oxygen atoms in total. The molecule has 3 aromatic rings. The van der Waals surface area contributed by atoms with Gasteiger partial charge in [-0.2, -0.15) is 5.10 Å². The Morgan fingerprint density at radius 2 is 1.45 bits per heavy atom. The number of allylic oxidation sites excluding steroid dienone is 1. The Hall–Kier alpha value is -3.37. The lowest BCUT2D eigenvalue weighted by atomic mass is 9.96. The summed E-state index contributed by atoms with van der Waals surface area (Å²) in [6, 6.07) is 27.4. The van der Waals surface area contributed by atoms with Gasteiger partial charge in [0.1, 0.15) is 5.75 Å². The monoisotopic (exact) mass is 411 g/mol. The lowest BCUT2D eigenvalue weighted by molar-refractivity contribution is 0.113. The van der Waals surface area contributed by atoms with Gasteiger partial charge >= 0.3 is 0 Å². The number of nitrogens with zero attached hydrogens (tertiary/aromatic N) is 3. The van der Waals surface area contributed by atoms with Crippen LogP contribution in [0.4, 0.5) is 0 Å². The molecule has 158 valence electrons. The molecule has 0 aromatic heterocycles. The Balaban J connectivity index is 1.45. The molecule has 1 fully saturated rings. The minimum Gasteiger partial charge on any atom is -0.507 e. The molecule has 0 saturated carbocycles. The molecular weight excluding hydrogens is 382 g/mol. The van der Waals surface area contributed by atoms with Crippen LogP contribution in [-0.4, -0.2) is 47.4 Å². The second kappa shape index (κ2) is 10.1. The number of hydrogen-bond donors (Lipinski definition) is 1. The minimum atomic E-state index is 0.244. The zero-order valence-corrected chi connectivity index (χ0v) is 17.8. The van der Waals surface area contributed by atoms with Crippen LogP contribution in [0, 0.1) is 0 Å².